The lowest BCUT2D eigenvalue weighted by molar-refractivity contribution is -0.384. The van der Waals surface area contributed by atoms with E-state index in [9.17, 15) is 19.7 Å². The number of benzene rings is 3. The largest absolute Gasteiger partial charge is 0.362 e. The van der Waals surface area contributed by atoms with Crippen LogP contribution in [-0.2, 0) is 4.79 Å². The molecule has 174 valence electrons. The molecular formula is C26H26N4O4. The summed E-state index contributed by atoms with van der Waals surface area (Å²) in [6.07, 6.45) is 0. The van der Waals surface area contributed by atoms with E-state index in [2.05, 4.69) is 5.32 Å². The first-order chi connectivity index (χ1) is 16.4. The van der Waals surface area contributed by atoms with Crippen molar-refractivity contribution in [3.63, 3.8) is 0 Å². The molecule has 0 saturated carbocycles. The van der Waals surface area contributed by atoms with Crippen LogP contribution in [0.4, 0.5) is 11.4 Å². The van der Waals surface area contributed by atoms with E-state index in [4.69, 9.17) is 0 Å². The average molecular weight is 459 g/mol. The van der Waals surface area contributed by atoms with Crippen LogP contribution in [0.3, 0.4) is 0 Å². The Balaban J connectivity index is 1.59. The molecule has 1 aliphatic rings. The van der Waals surface area contributed by atoms with E-state index in [1.807, 2.05) is 65.6 Å². The van der Waals surface area contributed by atoms with Crippen molar-refractivity contribution in [1.82, 2.24) is 10.2 Å². The molecule has 0 aromatic heterocycles. The van der Waals surface area contributed by atoms with E-state index in [0.717, 1.165) is 11.1 Å². The molecule has 8 nitrogen and oxygen atoms in total. The summed E-state index contributed by atoms with van der Waals surface area (Å²) in [4.78, 5) is 39.8. The smallest absolute Gasteiger partial charge is 0.293 e. The number of piperazine rings is 1. The van der Waals surface area contributed by atoms with Crippen LogP contribution in [0.25, 0.3) is 0 Å². The number of nitrogens with zero attached hydrogens (tertiary/aromatic N) is 3. The molecule has 1 heterocycles. The molecule has 34 heavy (non-hydrogen) atoms. The molecule has 0 unspecified atom stereocenters. The number of nitrogens with one attached hydrogen (secondary N) is 1. The number of nitro benzene ring substituents is 1. The minimum atomic E-state index is -0.463. The molecule has 1 saturated heterocycles. The molecule has 3 aromatic rings. The third-order valence-electron chi connectivity index (χ3n) is 6.04. The number of anilines is 1. The van der Waals surface area contributed by atoms with Crippen LogP contribution < -0.4 is 10.2 Å². The Morgan fingerprint density at radius 2 is 1.44 bits per heavy atom. The van der Waals surface area contributed by atoms with E-state index >= 15 is 0 Å². The zero-order valence-corrected chi connectivity index (χ0v) is 18.9. The van der Waals surface area contributed by atoms with E-state index < -0.39 is 16.9 Å². The third kappa shape index (κ3) is 5.06. The van der Waals surface area contributed by atoms with Crippen LogP contribution in [0.1, 0.15) is 34.5 Å². The van der Waals surface area contributed by atoms with E-state index in [0.29, 0.717) is 31.9 Å². The van der Waals surface area contributed by atoms with Gasteiger partial charge in [-0.1, -0.05) is 60.7 Å². The summed E-state index contributed by atoms with van der Waals surface area (Å²) in [5.74, 6) is -0.402. The third-order valence-corrected chi connectivity index (χ3v) is 6.04. The highest BCUT2D eigenvalue weighted by atomic mass is 16.6. The van der Waals surface area contributed by atoms with Gasteiger partial charge in [0.05, 0.1) is 11.0 Å². The Hall–Kier alpha value is -4.20. The fourth-order valence-corrected chi connectivity index (χ4v) is 4.21. The first-order valence-corrected chi connectivity index (χ1v) is 11.1. The molecular weight excluding hydrogens is 432 g/mol. The zero-order valence-electron chi connectivity index (χ0n) is 18.9. The highest BCUT2D eigenvalue weighted by Crippen LogP contribution is 2.31. The second-order valence-corrected chi connectivity index (χ2v) is 8.18. The highest BCUT2D eigenvalue weighted by Gasteiger charge is 2.26. The lowest BCUT2D eigenvalue weighted by atomic mass is 9.98. The number of hydrogen-bond donors (Lipinski definition) is 1. The maximum absolute atomic E-state index is 13.2. The fraction of sp³-hybridized carbons (Fsp3) is 0.231. The fourth-order valence-electron chi connectivity index (χ4n) is 4.21. The number of carbonyl (C=O) groups excluding carboxylic acids is 2. The molecule has 0 atom stereocenters. The van der Waals surface area contributed by atoms with Gasteiger partial charge in [-0.25, -0.2) is 0 Å². The summed E-state index contributed by atoms with van der Waals surface area (Å²) >= 11 is 0. The minimum absolute atomic E-state index is 0.00689. The van der Waals surface area contributed by atoms with Crippen molar-refractivity contribution in [3.8, 4) is 0 Å². The second-order valence-electron chi connectivity index (χ2n) is 8.18. The number of nitro groups is 1. The molecule has 1 N–H and O–H groups in total. The standard InChI is InChI=1S/C26H26N4O4/c1-19(31)28-14-16-29(17-15-28)23-13-12-22(18-24(23)30(33)34)26(32)27-25(20-8-4-2-5-9-20)21-10-6-3-7-11-21/h2-13,18,25H,14-17H2,1H3,(H,27,32). The van der Waals surface area contributed by atoms with E-state index in [1.54, 1.807) is 17.0 Å². The summed E-state index contributed by atoms with van der Waals surface area (Å²) in [5, 5.41) is 14.9. The Labute approximate surface area is 198 Å². The van der Waals surface area contributed by atoms with Gasteiger partial charge in [0.2, 0.25) is 5.91 Å². The Kier molecular flexibility index (Phi) is 6.87. The van der Waals surface area contributed by atoms with Crippen LogP contribution >= 0.6 is 0 Å². The molecule has 1 fully saturated rings. The van der Waals surface area contributed by atoms with Gasteiger partial charge in [-0.2, -0.15) is 0 Å². The van der Waals surface area contributed by atoms with Gasteiger partial charge in [-0.05, 0) is 23.3 Å². The molecule has 1 aliphatic heterocycles. The predicted molar refractivity (Wildman–Crippen MR) is 130 cm³/mol. The lowest BCUT2D eigenvalue weighted by Crippen LogP contribution is -2.48. The summed E-state index contributed by atoms with van der Waals surface area (Å²) < 4.78 is 0. The molecule has 3 aromatic carbocycles. The number of carbonyl (C=O) groups is 2. The molecule has 0 spiro atoms. The van der Waals surface area contributed by atoms with Gasteiger partial charge in [-0.15, -0.1) is 0 Å². The van der Waals surface area contributed by atoms with E-state index in [1.165, 1.54) is 13.0 Å². The van der Waals surface area contributed by atoms with Crippen LogP contribution in [0.5, 0.6) is 0 Å². The molecule has 0 radical (unpaired) electrons. The normalized spacial score (nSPS) is 13.6. The van der Waals surface area contributed by atoms with Crippen molar-refractivity contribution in [2.45, 2.75) is 13.0 Å². The van der Waals surface area contributed by atoms with Gasteiger partial charge in [-0.3, -0.25) is 19.7 Å². The van der Waals surface area contributed by atoms with Crippen molar-refractivity contribution in [3.05, 3.63) is 106 Å². The molecule has 0 bridgehead atoms. The van der Waals surface area contributed by atoms with Crippen molar-refractivity contribution in [1.29, 1.82) is 0 Å². The first kappa shape index (κ1) is 23.0. The Bertz CT molecular complexity index is 1140. The zero-order chi connectivity index (χ0) is 24.1. The second kappa shape index (κ2) is 10.2. The van der Waals surface area contributed by atoms with Crippen LogP contribution in [0.15, 0.2) is 78.9 Å². The van der Waals surface area contributed by atoms with Crippen LogP contribution in [-0.4, -0.2) is 47.8 Å². The maximum Gasteiger partial charge on any atom is 0.293 e. The molecule has 2 amide bonds. The minimum Gasteiger partial charge on any atom is -0.362 e. The highest BCUT2D eigenvalue weighted by molar-refractivity contribution is 5.96. The quantitative estimate of drug-likeness (QED) is 0.448. The first-order valence-electron chi connectivity index (χ1n) is 11.1. The number of amides is 2. The van der Waals surface area contributed by atoms with Gasteiger partial charge >= 0.3 is 0 Å². The van der Waals surface area contributed by atoms with Crippen LogP contribution in [0, 0.1) is 10.1 Å². The van der Waals surface area contributed by atoms with Gasteiger partial charge in [0, 0.05) is 44.7 Å². The molecule has 8 heteroatoms. The van der Waals surface area contributed by atoms with Gasteiger partial charge in [0.25, 0.3) is 11.6 Å². The van der Waals surface area contributed by atoms with Crippen LogP contribution in [0.2, 0.25) is 0 Å². The SMILES string of the molecule is CC(=O)N1CCN(c2ccc(C(=O)NC(c3ccccc3)c3ccccc3)cc2[N+](=O)[O-])CC1. The molecule has 0 aliphatic carbocycles. The summed E-state index contributed by atoms with van der Waals surface area (Å²) in [5.41, 5.74) is 2.37. The number of rotatable bonds is 6. The predicted octanol–water partition coefficient (Wildman–Crippen LogP) is 3.78. The monoisotopic (exact) mass is 458 g/mol. The van der Waals surface area contributed by atoms with Gasteiger partial charge < -0.3 is 15.1 Å². The summed E-state index contributed by atoms with van der Waals surface area (Å²) in [6, 6.07) is 23.3. The topological polar surface area (TPSA) is 95.8 Å². The summed E-state index contributed by atoms with van der Waals surface area (Å²) in [6.45, 7) is 3.52. The van der Waals surface area contributed by atoms with Crippen molar-refractivity contribution < 1.29 is 14.5 Å². The van der Waals surface area contributed by atoms with Gasteiger partial charge in [0.15, 0.2) is 0 Å². The Morgan fingerprint density at radius 1 is 0.882 bits per heavy atom. The van der Waals surface area contributed by atoms with Crippen molar-refractivity contribution in [2.75, 3.05) is 31.1 Å². The molecule has 4 rings (SSSR count). The maximum atomic E-state index is 13.2. The Morgan fingerprint density at radius 3 is 1.94 bits per heavy atom. The number of hydrogen-bond acceptors (Lipinski definition) is 5. The lowest BCUT2D eigenvalue weighted by Gasteiger charge is -2.35. The van der Waals surface area contributed by atoms with E-state index in [-0.39, 0.29) is 17.2 Å². The average Bonchev–Trinajstić information content (AvgIpc) is 2.87. The van der Waals surface area contributed by atoms with Crippen molar-refractivity contribution >= 4 is 23.2 Å². The summed E-state index contributed by atoms with van der Waals surface area (Å²) in [7, 11) is 0. The van der Waals surface area contributed by atoms with Crippen molar-refractivity contribution in [2.24, 2.45) is 0 Å². The van der Waals surface area contributed by atoms with Gasteiger partial charge in [0.1, 0.15) is 5.69 Å².